The normalized spacial score (nSPS) is 17.2. The molecule has 0 spiro atoms. The molecule has 0 amide bonds. The van der Waals surface area contributed by atoms with Crippen LogP contribution in [0.3, 0.4) is 0 Å². The van der Waals surface area contributed by atoms with Crippen LogP contribution in [0.15, 0.2) is 47.4 Å². The average molecular weight is 415 g/mol. The molecule has 0 radical (unpaired) electrons. The number of para-hydroxylation sites is 1. The molecule has 1 aliphatic heterocycles. The van der Waals surface area contributed by atoms with Crippen molar-refractivity contribution in [3.8, 4) is 11.1 Å². The highest BCUT2D eigenvalue weighted by Crippen LogP contribution is 2.41. The molecule has 2 aromatic carbocycles. The van der Waals surface area contributed by atoms with Gasteiger partial charge in [-0.1, -0.05) is 43.5 Å². The molecular formula is C25H25N3O3. The first-order chi connectivity index (χ1) is 15.0. The SMILES string of the molecule is Cn1cc2c3c(cccc31)-c1cccc3c1n(c(=O)n3CC1(C(=O)O)CCCCC1)C2. The highest BCUT2D eigenvalue weighted by atomic mass is 16.4. The third kappa shape index (κ3) is 2.44. The van der Waals surface area contributed by atoms with E-state index >= 15 is 0 Å². The topological polar surface area (TPSA) is 69.2 Å². The van der Waals surface area contributed by atoms with Crippen molar-refractivity contribution in [2.75, 3.05) is 0 Å². The van der Waals surface area contributed by atoms with Gasteiger partial charge in [0.15, 0.2) is 0 Å². The molecule has 0 unspecified atom stereocenters. The Labute approximate surface area is 179 Å². The van der Waals surface area contributed by atoms with Crippen LogP contribution in [0.2, 0.25) is 0 Å². The van der Waals surface area contributed by atoms with Gasteiger partial charge in [0.25, 0.3) is 0 Å². The van der Waals surface area contributed by atoms with Crippen LogP contribution in [0.5, 0.6) is 0 Å². The fraction of sp³-hybridized carbons (Fsp3) is 0.360. The predicted molar refractivity (Wildman–Crippen MR) is 120 cm³/mol. The summed E-state index contributed by atoms with van der Waals surface area (Å²) in [5, 5.41) is 11.3. The Morgan fingerprint density at radius 1 is 1.03 bits per heavy atom. The van der Waals surface area contributed by atoms with E-state index < -0.39 is 11.4 Å². The van der Waals surface area contributed by atoms with E-state index in [1.165, 1.54) is 5.39 Å². The van der Waals surface area contributed by atoms with Gasteiger partial charge in [-0.25, -0.2) is 4.79 Å². The van der Waals surface area contributed by atoms with Crippen LogP contribution in [-0.4, -0.2) is 24.8 Å². The number of hydrogen-bond donors (Lipinski definition) is 1. The number of fused-ring (bicyclic) bond motifs is 1. The largest absolute Gasteiger partial charge is 0.481 e. The van der Waals surface area contributed by atoms with Gasteiger partial charge in [0.2, 0.25) is 0 Å². The monoisotopic (exact) mass is 415 g/mol. The molecule has 6 nitrogen and oxygen atoms in total. The van der Waals surface area contributed by atoms with Crippen LogP contribution in [0.4, 0.5) is 0 Å². The van der Waals surface area contributed by atoms with E-state index in [9.17, 15) is 14.7 Å². The maximum absolute atomic E-state index is 13.7. The first kappa shape index (κ1) is 18.5. The van der Waals surface area contributed by atoms with E-state index in [1.807, 2.05) is 23.7 Å². The predicted octanol–water partition coefficient (Wildman–Crippen LogP) is 4.36. The Kier molecular flexibility index (Phi) is 3.79. The number of benzene rings is 2. The van der Waals surface area contributed by atoms with Crippen molar-refractivity contribution in [2.45, 2.75) is 45.2 Å². The number of carbonyl (C=O) groups is 1. The molecule has 0 bridgehead atoms. The summed E-state index contributed by atoms with van der Waals surface area (Å²) in [7, 11) is 2.03. The standard InChI is InChI=1S/C25H25N3O3/c1-26-13-16-14-27-22-18(17-7-5-9-19(26)21(16)17)8-6-10-20(22)28(24(27)31)15-25(23(29)30)11-3-2-4-12-25/h5-10,13H,2-4,11-12,14-15H2,1H3,(H,29,30). The molecule has 1 aliphatic carbocycles. The molecule has 2 aromatic heterocycles. The zero-order valence-electron chi connectivity index (χ0n) is 17.6. The maximum atomic E-state index is 13.7. The molecular weight excluding hydrogens is 390 g/mol. The van der Waals surface area contributed by atoms with E-state index in [-0.39, 0.29) is 12.2 Å². The number of carboxylic acids is 1. The summed E-state index contributed by atoms with van der Waals surface area (Å²) in [5.74, 6) is -0.779. The molecule has 31 heavy (non-hydrogen) atoms. The number of hydrogen-bond acceptors (Lipinski definition) is 2. The lowest BCUT2D eigenvalue weighted by atomic mass is 9.74. The molecule has 6 rings (SSSR count). The quantitative estimate of drug-likeness (QED) is 0.476. The minimum Gasteiger partial charge on any atom is -0.481 e. The van der Waals surface area contributed by atoms with Crippen LogP contribution in [0, 0.1) is 5.41 Å². The van der Waals surface area contributed by atoms with E-state index in [4.69, 9.17) is 0 Å². The summed E-state index contributed by atoms with van der Waals surface area (Å²) >= 11 is 0. The molecule has 0 atom stereocenters. The highest BCUT2D eigenvalue weighted by molar-refractivity contribution is 6.05. The van der Waals surface area contributed by atoms with E-state index in [2.05, 4.69) is 35.0 Å². The molecule has 6 heteroatoms. The number of aromatic nitrogens is 3. The van der Waals surface area contributed by atoms with Gasteiger partial charge in [-0.05, 0) is 36.1 Å². The van der Waals surface area contributed by atoms with Gasteiger partial charge in [-0.15, -0.1) is 0 Å². The Bertz CT molecular complexity index is 1430. The van der Waals surface area contributed by atoms with Gasteiger partial charge in [0, 0.05) is 36.3 Å². The van der Waals surface area contributed by atoms with Gasteiger partial charge in [-0.2, -0.15) is 0 Å². The molecule has 1 N–H and O–H groups in total. The molecule has 1 saturated carbocycles. The molecule has 4 aromatic rings. The number of imidazole rings is 1. The molecule has 2 aliphatic rings. The van der Waals surface area contributed by atoms with Gasteiger partial charge in [0.1, 0.15) is 0 Å². The van der Waals surface area contributed by atoms with E-state index in [0.29, 0.717) is 19.4 Å². The Morgan fingerprint density at radius 2 is 1.74 bits per heavy atom. The number of nitrogens with zero attached hydrogens (tertiary/aromatic N) is 3. The summed E-state index contributed by atoms with van der Waals surface area (Å²) in [6.45, 7) is 0.730. The second kappa shape index (κ2) is 6.36. The molecule has 3 heterocycles. The van der Waals surface area contributed by atoms with Crippen molar-refractivity contribution in [3.63, 3.8) is 0 Å². The highest BCUT2D eigenvalue weighted by Gasteiger charge is 2.41. The first-order valence-electron chi connectivity index (χ1n) is 11.0. The van der Waals surface area contributed by atoms with Crippen LogP contribution in [-0.2, 0) is 24.9 Å². The summed E-state index contributed by atoms with van der Waals surface area (Å²) in [4.78, 5) is 26.0. The minimum absolute atomic E-state index is 0.113. The van der Waals surface area contributed by atoms with Crippen LogP contribution < -0.4 is 5.69 Å². The second-order valence-corrected chi connectivity index (χ2v) is 9.24. The molecule has 158 valence electrons. The van der Waals surface area contributed by atoms with E-state index in [0.717, 1.165) is 52.5 Å². The summed E-state index contributed by atoms with van der Waals surface area (Å²) < 4.78 is 5.69. The van der Waals surface area contributed by atoms with Gasteiger partial charge in [0.05, 0.1) is 23.0 Å². The Hall–Kier alpha value is -3.28. The maximum Gasteiger partial charge on any atom is 0.329 e. The number of carboxylic acid groups (broad SMARTS) is 1. The minimum atomic E-state index is -0.862. The Balaban J connectivity index is 1.62. The number of rotatable bonds is 3. The van der Waals surface area contributed by atoms with Crippen LogP contribution >= 0.6 is 0 Å². The summed E-state index contributed by atoms with van der Waals surface area (Å²) in [6, 6.07) is 12.3. The van der Waals surface area contributed by atoms with Crippen molar-refractivity contribution in [3.05, 3.63) is 58.6 Å². The molecule has 0 saturated heterocycles. The van der Waals surface area contributed by atoms with Crippen molar-refractivity contribution in [1.29, 1.82) is 0 Å². The lowest BCUT2D eigenvalue weighted by molar-refractivity contribution is -0.152. The van der Waals surface area contributed by atoms with Crippen LogP contribution in [0.1, 0.15) is 37.7 Å². The first-order valence-corrected chi connectivity index (χ1v) is 11.0. The van der Waals surface area contributed by atoms with Gasteiger partial charge >= 0.3 is 11.7 Å². The van der Waals surface area contributed by atoms with Gasteiger partial charge < -0.3 is 9.67 Å². The van der Waals surface area contributed by atoms with Crippen molar-refractivity contribution >= 4 is 27.9 Å². The van der Waals surface area contributed by atoms with Gasteiger partial charge in [-0.3, -0.25) is 13.9 Å². The van der Waals surface area contributed by atoms with Crippen molar-refractivity contribution < 1.29 is 9.90 Å². The van der Waals surface area contributed by atoms with Crippen molar-refractivity contribution in [2.24, 2.45) is 12.5 Å². The lowest BCUT2D eigenvalue weighted by Crippen LogP contribution is -2.40. The smallest absolute Gasteiger partial charge is 0.329 e. The third-order valence-corrected chi connectivity index (χ3v) is 7.47. The van der Waals surface area contributed by atoms with Crippen molar-refractivity contribution in [1.82, 2.24) is 13.7 Å². The molecule has 1 fully saturated rings. The fourth-order valence-corrected chi connectivity index (χ4v) is 5.92. The zero-order valence-corrected chi connectivity index (χ0v) is 17.6. The fourth-order valence-electron chi connectivity index (χ4n) is 5.92. The Morgan fingerprint density at radius 3 is 2.48 bits per heavy atom. The number of aryl methyl sites for hydroxylation is 1. The lowest BCUT2D eigenvalue weighted by Gasteiger charge is -2.33. The summed E-state index contributed by atoms with van der Waals surface area (Å²) in [6.07, 6.45) is 6.24. The summed E-state index contributed by atoms with van der Waals surface area (Å²) in [5.41, 5.74) is 5.22. The van der Waals surface area contributed by atoms with Crippen LogP contribution in [0.25, 0.3) is 33.1 Å². The van der Waals surface area contributed by atoms with E-state index in [1.54, 1.807) is 4.57 Å². The average Bonchev–Trinajstić information content (AvgIpc) is 3.18. The second-order valence-electron chi connectivity index (χ2n) is 9.24. The third-order valence-electron chi connectivity index (χ3n) is 7.47. The number of aliphatic carboxylic acids is 1. The zero-order chi connectivity index (χ0) is 21.3.